The van der Waals surface area contributed by atoms with Crippen LogP contribution in [0.5, 0.6) is 17.2 Å². The maximum atomic E-state index is 12.4. The van der Waals surface area contributed by atoms with Crippen LogP contribution in [0.1, 0.15) is 73.5 Å². The van der Waals surface area contributed by atoms with E-state index in [9.17, 15) is 15.0 Å². The lowest BCUT2D eigenvalue weighted by atomic mass is 9.90. The van der Waals surface area contributed by atoms with E-state index >= 15 is 0 Å². The van der Waals surface area contributed by atoms with E-state index in [0.29, 0.717) is 17.9 Å². The van der Waals surface area contributed by atoms with Crippen LogP contribution in [0.3, 0.4) is 0 Å². The molecule has 0 heterocycles. The van der Waals surface area contributed by atoms with Gasteiger partial charge in [-0.25, -0.2) is 0 Å². The summed E-state index contributed by atoms with van der Waals surface area (Å²) in [7, 11) is 0. The maximum absolute atomic E-state index is 12.4. The predicted molar refractivity (Wildman–Crippen MR) is 109 cm³/mol. The zero-order valence-corrected chi connectivity index (χ0v) is 16.6. The number of carbonyl (C=O) groups is 1. The van der Waals surface area contributed by atoms with Crippen LogP contribution in [0.4, 0.5) is 0 Å². The Hall–Kier alpha value is -2.75. The molecule has 4 heteroatoms. The van der Waals surface area contributed by atoms with E-state index in [1.165, 1.54) is 18.2 Å². The summed E-state index contributed by atoms with van der Waals surface area (Å²) in [5.41, 5.74) is 2.86. The van der Waals surface area contributed by atoms with Crippen LogP contribution >= 0.6 is 0 Å². The Labute approximate surface area is 161 Å². The van der Waals surface area contributed by atoms with Gasteiger partial charge in [0.1, 0.15) is 17.2 Å². The quantitative estimate of drug-likeness (QED) is 0.490. The molecule has 0 aliphatic rings. The number of carbonyl (C=O) groups excluding carboxylic acids is 1. The summed E-state index contributed by atoms with van der Waals surface area (Å²) < 4.78 is 5.84. The number of ether oxygens (including phenoxy) is 1. The summed E-state index contributed by atoms with van der Waals surface area (Å²) in [5, 5.41) is 20.1. The number of hydrogen-bond acceptors (Lipinski definition) is 4. The third kappa shape index (κ3) is 4.70. The highest BCUT2D eigenvalue weighted by Crippen LogP contribution is 2.43. The molecule has 0 saturated heterocycles. The molecular weight excluding hydrogens is 340 g/mol. The summed E-state index contributed by atoms with van der Waals surface area (Å²) in [5.74, 6) is 1.05. The van der Waals surface area contributed by atoms with Crippen LogP contribution in [0, 0.1) is 0 Å². The van der Waals surface area contributed by atoms with Crippen LogP contribution in [0.2, 0.25) is 0 Å². The Morgan fingerprint density at radius 2 is 1.70 bits per heavy atom. The molecular formula is C23H28O4. The second kappa shape index (κ2) is 8.76. The Morgan fingerprint density at radius 1 is 1.07 bits per heavy atom. The third-order valence-electron chi connectivity index (χ3n) is 4.40. The Balaban J connectivity index is 2.53. The molecule has 0 radical (unpaired) electrons. The fraction of sp³-hybridized carbons (Fsp3) is 0.348. The summed E-state index contributed by atoms with van der Waals surface area (Å²) in [6, 6.07) is 8.03. The maximum Gasteiger partial charge on any atom is 0.185 e. The van der Waals surface area contributed by atoms with Crippen LogP contribution in [0.15, 0.2) is 36.4 Å². The minimum absolute atomic E-state index is 0.0743. The van der Waals surface area contributed by atoms with E-state index in [0.717, 1.165) is 16.7 Å². The predicted octanol–water partition coefficient (Wildman–Crippen LogP) is 5.64. The van der Waals surface area contributed by atoms with Crippen molar-refractivity contribution in [2.75, 3.05) is 6.61 Å². The van der Waals surface area contributed by atoms with Crippen molar-refractivity contribution in [2.24, 2.45) is 0 Å². The molecule has 0 bridgehead atoms. The second-order valence-electron chi connectivity index (χ2n) is 7.13. The number of hydrogen-bond donors (Lipinski definition) is 2. The first-order valence-corrected chi connectivity index (χ1v) is 9.30. The van der Waals surface area contributed by atoms with Gasteiger partial charge in [-0.1, -0.05) is 27.7 Å². The normalized spacial score (nSPS) is 11.5. The van der Waals surface area contributed by atoms with E-state index in [1.54, 1.807) is 18.2 Å². The molecule has 2 N–H and O–H groups in total. The van der Waals surface area contributed by atoms with Gasteiger partial charge in [-0.15, -0.1) is 0 Å². The fourth-order valence-corrected chi connectivity index (χ4v) is 3.01. The first-order chi connectivity index (χ1) is 12.8. The van der Waals surface area contributed by atoms with Crippen molar-refractivity contribution in [3.63, 3.8) is 0 Å². The van der Waals surface area contributed by atoms with Gasteiger partial charge in [-0.05, 0) is 66.8 Å². The topological polar surface area (TPSA) is 66.8 Å². The van der Waals surface area contributed by atoms with Crippen molar-refractivity contribution in [1.82, 2.24) is 0 Å². The van der Waals surface area contributed by atoms with Gasteiger partial charge in [0.15, 0.2) is 5.78 Å². The van der Waals surface area contributed by atoms with E-state index < -0.39 is 0 Å². The van der Waals surface area contributed by atoms with Crippen molar-refractivity contribution >= 4 is 11.9 Å². The summed E-state index contributed by atoms with van der Waals surface area (Å²) in [6.45, 7) is 10.4. The molecule has 0 aliphatic carbocycles. The Bertz CT molecular complexity index is 830. The molecule has 0 amide bonds. The first-order valence-electron chi connectivity index (χ1n) is 9.30. The lowest BCUT2D eigenvalue weighted by Crippen LogP contribution is -2.04. The van der Waals surface area contributed by atoms with Crippen LogP contribution in [0.25, 0.3) is 6.08 Å². The molecule has 0 atom stereocenters. The van der Waals surface area contributed by atoms with Gasteiger partial charge in [0.25, 0.3) is 0 Å². The van der Waals surface area contributed by atoms with Gasteiger partial charge in [0.2, 0.25) is 0 Å². The number of aromatic hydroxyl groups is 2. The van der Waals surface area contributed by atoms with Gasteiger partial charge < -0.3 is 14.9 Å². The number of phenols is 2. The van der Waals surface area contributed by atoms with Gasteiger partial charge in [0, 0.05) is 16.7 Å². The molecule has 2 aromatic carbocycles. The smallest absolute Gasteiger partial charge is 0.185 e. The van der Waals surface area contributed by atoms with Crippen molar-refractivity contribution < 1.29 is 19.7 Å². The molecule has 144 valence electrons. The average Bonchev–Trinajstić information content (AvgIpc) is 2.61. The van der Waals surface area contributed by atoms with Crippen molar-refractivity contribution in [1.29, 1.82) is 0 Å². The molecule has 0 spiro atoms. The second-order valence-corrected chi connectivity index (χ2v) is 7.13. The molecule has 4 nitrogen and oxygen atoms in total. The summed E-state index contributed by atoms with van der Waals surface area (Å²) in [4.78, 5) is 12.4. The molecule has 2 aromatic rings. The number of benzene rings is 2. The SMILES string of the molecule is CCOc1c(C=CC(=O)c2ccc(O)cc2)cc(C(C)C)c(O)c1C(C)C. The molecule has 2 rings (SSSR count). The number of ketones is 1. The average molecular weight is 368 g/mol. The van der Waals surface area contributed by atoms with E-state index in [1.807, 2.05) is 40.7 Å². The number of rotatable bonds is 7. The highest BCUT2D eigenvalue weighted by molar-refractivity contribution is 6.07. The van der Waals surface area contributed by atoms with Gasteiger partial charge >= 0.3 is 0 Å². The largest absolute Gasteiger partial charge is 0.508 e. The molecule has 27 heavy (non-hydrogen) atoms. The van der Waals surface area contributed by atoms with E-state index in [-0.39, 0.29) is 29.1 Å². The minimum Gasteiger partial charge on any atom is -0.508 e. The lowest BCUT2D eigenvalue weighted by molar-refractivity contribution is 0.104. The lowest BCUT2D eigenvalue weighted by Gasteiger charge is -2.21. The van der Waals surface area contributed by atoms with Gasteiger partial charge in [-0.3, -0.25) is 4.79 Å². The number of phenolic OH excluding ortho intramolecular Hbond substituents is 2. The van der Waals surface area contributed by atoms with Crippen molar-refractivity contribution in [3.05, 3.63) is 58.7 Å². The zero-order chi connectivity index (χ0) is 20.1. The first kappa shape index (κ1) is 20.6. The highest BCUT2D eigenvalue weighted by Gasteiger charge is 2.21. The highest BCUT2D eigenvalue weighted by atomic mass is 16.5. The Morgan fingerprint density at radius 3 is 2.22 bits per heavy atom. The monoisotopic (exact) mass is 368 g/mol. The van der Waals surface area contributed by atoms with Gasteiger partial charge in [0.05, 0.1) is 6.61 Å². The molecule has 0 fully saturated rings. The van der Waals surface area contributed by atoms with Gasteiger partial charge in [-0.2, -0.15) is 0 Å². The van der Waals surface area contributed by atoms with Crippen LogP contribution in [-0.2, 0) is 0 Å². The van der Waals surface area contributed by atoms with E-state index in [2.05, 4.69) is 0 Å². The Kier molecular flexibility index (Phi) is 6.67. The zero-order valence-electron chi connectivity index (χ0n) is 16.6. The molecule has 0 unspecified atom stereocenters. The fourth-order valence-electron chi connectivity index (χ4n) is 3.01. The minimum atomic E-state index is -0.164. The van der Waals surface area contributed by atoms with Crippen molar-refractivity contribution in [2.45, 2.75) is 46.5 Å². The summed E-state index contributed by atoms with van der Waals surface area (Å²) >= 11 is 0. The molecule has 0 saturated carbocycles. The van der Waals surface area contributed by atoms with Crippen LogP contribution in [-0.4, -0.2) is 22.6 Å². The van der Waals surface area contributed by atoms with Crippen LogP contribution < -0.4 is 4.74 Å². The molecule has 0 aromatic heterocycles. The summed E-state index contributed by atoms with van der Waals surface area (Å²) in [6.07, 6.45) is 3.23. The standard InChI is InChI=1S/C23H28O4/c1-6-27-23-17(9-12-20(25)16-7-10-18(24)11-8-16)13-19(14(2)3)22(26)21(23)15(4)5/h7-15,24,26H,6H2,1-5H3. The molecule has 0 aliphatic heterocycles. The number of allylic oxidation sites excluding steroid dienone is 1. The van der Waals surface area contributed by atoms with Crippen molar-refractivity contribution in [3.8, 4) is 17.2 Å². The third-order valence-corrected chi connectivity index (χ3v) is 4.40. The van der Waals surface area contributed by atoms with E-state index in [4.69, 9.17) is 4.74 Å².